The Labute approximate surface area is 127 Å². The van der Waals surface area contributed by atoms with Crippen LogP contribution in [-0.4, -0.2) is 25.7 Å². The third-order valence-electron chi connectivity index (χ3n) is 4.85. The molecule has 2 aromatic rings. The van der Waals surface area contributed by atoms with Gasteiger partial charge < -0.3 is 4.90 Å². The molecular formula is C18H27N3+2. The van der Waals surface area contributed by atoms with Gasteiger partial charge in [0.25, 0.3) is 5.82 Å². The normalized spacial score (nSPS) is 21.9. The molecule has 2 atom stereocenters. The Kier molecular flexibility index (Phi) is 4.11. The van der Waals surface area contributed by atoms with Crippen LogP contribution in [0.1, 0.15) is 30.9 Å². The summed E-state index contributed by atoms with van der Waals surface area (Å²) in [4.78, 5) is 5.29. The van der Waals surface area contributed by atoms with E-state index >= 15 is 0 Å². The standard InChI is InChI=1S/C18H25N3/c1-4-21-9-5-6-15(21)12-19-18-11-14(3)16-8-7-13(2)10-17(16)20-18/h7-8,10-11,15H,4-6,9,12H2,1-3H3,(H,19,20)/p+2/t15-/m1/s1. The molecule has 2 heterocycles. The van der Waals surface area contributed by atoms with Crippen molar-refractivity contribution in [3.05, 3.63) is 35.4 Å². The van der Waals surface area contributed by atoms with Crippen LogP contribution in [-0.2, 0) is 0 Å². The predicted molar refractivity (Wildman–Crippen MR) is 87.9 cm³/mol. The average Bonchev–Trinajstić information content (AvgIpc) is 2.92. The fourth-order valence-corrected chi connectivity index (χ4v) is 3.60. The summed E-state index contributed by atoms with van der Waals surface area (Å²) in [6.45, 7) is 10.3. The maximum Gasteiger partial charge on any atom is 0.273 e. The number of likely N-dealkylation sites (N-methyl/N-ethyl adjacent to an activating group) is 1. The number of rotatable bonds is 4. The number of hydrogen-bond acceptors (Lipinski definition) is 1. The van der Waals surface area contributed by atoms with Gasteiger partial charge in [-0.3, -0.25) is 5.32 Å². The van der Waals surface area contributed by atoms with Crippen LogP contribution >= 0.6 is 0 Å². The van der Waals surface area contributed by atoms with Crippen molar-refractivity contribution < 1.29 is 9.88 Å². The number of aromatic nitrogens is 1. The van der Waals surface area contributed by atoms with E-state index in [1.54, 1.807) is 4.90 Å². The molecule has 1 unspecified atom stereocenters. The molecule has 3 heteroatoms. The summed E-state index contributed by atoms with van der Waals surface area (Å²) < 4.78 is 0. The van der Waals surface area contributed by atoms with E-state index in [9.17, 15) is 0 Å². The molecule has 0 saturated carbocycles. The lowest BCUT2D eigenvalue weighted by molar-refractivity contribution is -0.908. The number of likely N-dealkylation sites (tertiary alicyclic amines) is 1. The van der Waals surface area contributed by atoms with Crippen molar-refractivity contribution in [3.8, 4) is 0 Å². The van der Waals surface area contributed by atoms with E-state index in [1.807, 2.05) is 0 Å². The highest BCUT2D eigenvalue weighted by molar-refractivity contribution is 5.80. The van der Waals surface area contributed by atoms with Gasteiger partial charge in [-0.15, -0.1) is 0 Å². The van der Waals surface area contributed by atoms with E-state index in [4.69, 9.17) is 0 Å². The number of hydrogen-bond donors (Lipinski definition) is 2. The van der Waals surface area contributed by atoms with Gasteiger partial charge in [-0.05, 0) is 38.0 Å². The molecule has 3 rings (SSSR count). The number of nitrogens with one attached hydrogen (secondary N) is 3. The van der Waals surface area contributed by atoms with Crippen molar-refractivity contribution in [2.45, 2.75) is 39.7 Å². The van der Waals surface area contributed by atoms with E-state index in [-0.39, 0.29) is 0 Å². The number of pyridine rings is 1. The number of H-pyrrole nitrogens is 1. The average molecular weight is 285 g/mol. The molecule has 1 saturated heterocycles. The predicted octanol–water partition coefficient (Wildman–Crippen LogP) is 1.75. The molecule has 1 aromatic carbocycles. The highest BCUT2D eigenvalue weighted by Crippen LogP contribution is 2.18. The highest BCUT2D eigenvalue weighted by atomic mass is 15.2. The second-order valence-electron chi connectivity index (χ2n) is 6.40. The van der Waals surface area contributed by atoms with E-state index in [1.165, 1.54) is 48.0 Å². The third kappa shape index (κ3) is 3.03. The third-order valence-corrected chi connectivity index (χ3v) is 4.85. The maximum absolute atomic E-state index is 3.63. The zero-order chi connectivity index (χ0) is 14.8. The fraction of sp³-hybridized carbons (Fsp3) is 0.500. The van der Waals surface area contributed by atoms with Gasteiger partial charge in [0.15, 0.2) is 0 Å². The SMILES string of the molecule is CC[NH+]1CCC[C@@H]1CNc1cc(C)c2ccc(C)cc2[nH+]1. The van der Waals surface area contributed by atoms with Crippen LogP contribution in [0.15, 0.2) is 24.3 Å². The number of aromatic amines is 1. The van der Waals surface area contributed by atoms with E-state index in [0.29, 0.717) is 0 Å². The zero-order valence-corrected chi connectivity index (χ0v) is 13.4. The van der Waals surface area contributed by atoms with Crippen LogP contribution in [0, 0.1) is 13.8 Å². The van der Waals surface area contributed by atoms with Crippen LogP contribution in [0.5, 0.6) is 0 Å². The monoisotopic (exact) mass is 285 g/mol. The molecule has 0 spiro atoms. The van der Waals surface area contributed by atoms with Crippen molar-refractivity contribution in [3.63, 3.8) is 0 Å². The lowest BCUT2D eigenvalue weighted by atomic mass is 10.1. The summed E-state index contributed by atoms with van der Waals surface area (Å²) in [7, 11) is 0. The Morgan fingerprint density at radius 1 is 1.29 bits per heavy atom. The van der Waals surface area contributed by atoms with Crippen molar-refractivity contribution in [2.75, 3.05) is 25.0 Å². The Hall–Kier alpha value is -1.61. The maximum atomic E-state index is 3.63. The van der Waals surface area contributed by atoms with Gasteiger partial charge in [-0.2, -0.15) is 0 Å². The van der Waals surface area contributed by atoms with Crippen LogP contribution in [0.25, 0.3) is 10.9 Å². The topological polar surface area (TPSA) is 30.6 Å². The lowest BCUT2D eigenvalue weighted by Crippen LogP contribution is -3.14. The second-order valence-corrected chi connectivity index (χ2v) is 6.40. The molecule has 1 aliphatic rings. The molecule has 1 aromatic heterocycles. The summed E-state index contributed by atoms with van der Waals surface area (Å²) in [5.41, 5.74) is 3.86. The number of quaternary nitrogens is 1. The van der Waals surface area contributed by atoms with Crippen molar-refractivity contribution in [1.29, 1.82) is 0 Å². The Morgan fingerprint density at radius 2 is 2.14 bits per heavy atom. The molecule has 1 aliphatic heterocycles. The van der Waals surface area contributed by atoms with Crippen molar-refractivity contribution >= 4 is 16.7 Å². The molecule has 3 N–H and O–H groups in total. The smallest absolute Gasteiger partial charge is 0.273 e. The highest BCUT2D eigenvalue weighted by Gasteiger charge is 2.28. The molecular weight excluding hydrogens is 258 g/mol. The summed E-state index contributed by atoms with van der Waals surface area (Å²) in [5, 5.41) is 4.94. The van der Waals surface area contributed by atoms with Gasteiger partial charge >= 0.3 is 0 Å². The summed E-state index contributed by atoms with van der Waals surface area (Å²) >= 11 is 0. The molecule has 0 aliphatic carbocycles. The molecule has 0 amide bonds. The van der Waals surface area contributed by atoms with Gasteiger partial charge in [-0.1, -0.05) is 12.1 Å². The summed E-state index contributed by atoms with van der Waals surface area (Å²) in [6, 6.07) is 9.61. The Bertz CT molecular complexity index is 636. The summed E-state index contributed by atoms with van der Waals surface area (Å²) in [6.07, 6.45) is 2.72. The molecule has 1 fully saturated rings. The number of aryl methyl sites for hydroxylation is 2. The number of anilines is 1. The first kappa shape index (κ1) is 14.3. The van der Waals surface area contributed by atoms with Gasteiger partial charge in [0.05, 0.1) is 13.1 Å². The van der Waals surface area contributed by atoms with E-state index in [0.717, 1.165) is 18.4 Å². The van der Waals surface area contributed by atoms with E-state index < -0.39 is 0 Å². The van der Waals surface area contributed by atoms with E-state index in [2.05, 4.69) is 55.3 Å². The second kappa shape index (κ2) is 6.02. The van der Waals surface area contributed by atoms with Crippen molar-refractivity contribution in [1.82, 2.24) is 0 Å². The molecule has 21 heavy (non-hydrogen) atoms. The Balaban J connectivity index is 1.78. The molecule has 3 nitrogen and oxygen atoms in total. The van der Waals surface area contributed by atoms with Crippen LogP contribution < -0.4 is 15.2 Å². The first-order valence-corrected chi connectivity index (χ1v) is 8.19. The quantitative estimate of drug-likeness (QED) is 0.881. The minimum absolute atomic E-state index is 0.761. The molecule has 0 bridgehead atoms. The van der Waals surface area contributed by atoms with Crippen LogP contribution in [0.2, 0.25) is 0 Å². The summed E-state index contributed by atoms with van der Waals surface area (Å²) in [5.74, 6) is 1.15. The van der Waals surface area contributed by atoms with Gasteiger partial charge in [0.1, 0.15) is 18.1 Å². The molecule has 0 radical (unpaired) electrons. The van der Waals surface area contributed by atoms with Crippen LogP contribution in [0.4, 0.5) is 5.82 Å². The number of benzene rings is 1. The first-order chi connectivity index (χ1) is 10.2. The fourth-order valence-electron chi connectivity index (χ4n) is 3.60. The zero-order valence-electron chi connectivity index (χ0n) is 13.4. The van der Waals surface area contributed by atoms with Gasteiger partial charge in [-0.25, -0.2) is 4.98 Å². The van der Waals surface area contributed by atoms with Gasteiger partial charge in [0.2, 0.25) is 0 Å². The minimum atomic E-state index is 0.761. The van der Waals surface area contributed by atoms with Crippen molar-refractivity contribution in [2.24, 2.45) is 0 Å². The van der Waals surface area contributed by atoms with Crippen LogP contribution in [0.3, 0.4) is 0 Å². The lowest BCUT2D eigenvalue weighted by Gasteiger charge is -2.18. The molecule has 112 valence electrons. The number of fused-ring (bicyclic) bond motifs is 1. The van der Waals surface area contributed by atoms with Gasteiger partial charge in [0, 0.05) is 24.3 Å². The minimum Gasteiger partial charge on any atom is -0.329 e. The first-order valence-electron chi connectivity index (χ1n) is 8.19. The Morgan fingerprint density at radius 3 is 2.95 bits per heavy atom. The largest absolute Gasteiger partial charge is 0.329 e.